The van der Waals surface area contributed by atoms with E-state index < -0.39 is 10.0 Å². The van der Waals surface area contributed by atoms with Gasteiger partial charge in [0, 0.05) is 38.3 Å². The van der Waals surface area contributed by atoms with Crippen molar-refractivity contribution in [2.75, 3.05) is 51.8 Å². The zero-order chi connectivity index (χ0) is 17.9. The molecule has 8 nitrogen and oxygen atoms in total. The Bertz CT molecular complexity index is 476. The number of hydrogen-bond acceptors (Lipinski definition) is 5. The molecule has 0 aliphatic carbocycles. The highest BCUT2D eigenvalue weighted by atomic mass is 32.2. The minimum absolute atomic E-state index is 0.0755. The van der Waals surface area contributed by atoms with Crippen molar-refractivity contribution in [3.8, 4) is 0 Å². The molecule has 0 radical (unpaired) electrons. The topological polar surface area (TPSA) is 112 Å². The quantitative estimate of drug-likeness (QED) is 0.227. The first-order valence-electron chi connectivity index (χ1n) is 8.65. The van der Waals surface area contributed by atoms with Gasteiger partial charge in [0.05, 0.1) is 18.9 Å². The Morgan fingerprint density at radius 2 is 2.08 bits per heavy atom. The van der Waals surface area contributed by atoms with Gasteiger partial charge >= 0.3 is 0 Å². The first kappa shape index (κ1) is 21.1. The van der Waals surface area contributed by atoms with Gasteiger partial charge in [0.2, 0.25) is 10.0 Å². The lowest BCUT2D eigenvalue weighted by Crippen LogP contribution is -2.40. The van der Waals surface area contributed by atoms with E-state index in [1.54, 1.807) is 6.92 Å². The van der Waals surface area contributed by atoms with Gasteiger partial charge in [-0.1, -0.05) is 0 Å². The molecule has 1 fully saturated rings. The fourth-order valence-corrected chi connectivity index (χ4v) is 3.16. The summed E-state index contributed by atoms with van der Waals surface area (Å²) in [4.78, 5) is 4.61. The maximum Gasteiger partial charge on any atom is 0.211 e. The first-order valence-corrected chi connectivity index (χ1v) is 10.3. The summed E-state index contributed by atoms with van der Waals surface area (Å²) in [6, 6.07) is 0. The van der Waals surface area contributed by atoms with Gasteiger partial charge in [-0.05, 0) is 33.1 Å². The largest absolute Gasteiger partial charge is 0.396 e. The van der Waals surface area contributed by atoms with Gasteiger partial charge in [-0.2, -0.15) is 0 Å². The zero-order valence-electron chi connectivity index (χ0n) is 14.8. The van der Waals surface area contributed by atoms with Gasteiger partial charge in [-0.25, -0.2) is 13.1 Å². The van der Waals surface area contributed by atoms with Gasteiger partial charge in [0.1, 0.15) is 0 Å². The van der Waals surface area contributed by atoms with Gasteiger partial charge in [0.25, 0.3) is 0 Å². The van der Waals surface area contributed by atoms with E-state index in [-0.39, 0.29) is 17.8 Å². The molecular weight excluding hydrogens is 332 g/mol. The summed E-state index contributed by atoms with van der Waals surface area (Å²) >= 11 is 0. The molecule has 1 rings (SSSR count). The molecule has 1 aliphatic rings. The van der Waals surface area contributed by atoms with Gasteiger partial charge in [-0.3, -0.25) is 4.99 Å². The van der Waals surface area contributed by atoms with E-state index in [0.717, 1.165) is 19.6 Å². The summed E-state index contributed by atoms with van der Waals surface area (Å²) in [6.07, 6.45) is 2.28. The molecule has 0 aromatic rings. The summed E-state index contributed by atoms with van der Waals surface area (Å²) in [5, 5.41) is 15.6. The standard InChI is InChI=1S/C15H32N4O4S/c1-3-16-14(17-8-5-9-19-24(21,22)4-2)18-12-15(6-10-20)7-11-23-13-15/h19-20H,3-13H2,1-2H3,(H2,16,17,18). The van der Waals surface area contributed by atoms with Crippen LogP contribution in [0.1, 0.15) is 33.1 Å². The third kappa shape index (κ3) is 7.78. The van der Waals surface area contributed by atoms with Crippen LogP contribution in [0.3, 0.4) is 0 Å². The molecule has 1 saturated heterocycles. The molecule has 0 saturated carbocycles. The van der Waals surface area contributed by atoms with Crippen LogP contribution in [0.4, 0.5) is 0 Å². The second-order valence-corrected chi connectivity index (χ2v) is 8.14. The maximum absolute atomic E-state index is 11.3. The number of ether oxygens (including phenoxy) is 1. The van der Waals surface area contributed by atoms with Crippen LogP contribution in [0.2, 0.25) is 0 Å². The highest BCUT2D eigenvalue weighted by molar-refractivity contribution is 7.89. The second-order valence-electron chi connectivity index (χ2n) is 6.05. The minimum atomic E-state index is -3.13. The predicted octanol–water partition coefficient (Wildman–Crippen LogP) is -0.340. The Balaban J connectivity index is 2.42. The van der Waals surface area contributed by atoms with Gasteiger partial charge in [0.15, 0.2) is 5.96 Å². The van der Waals surface area contributed by atoms with E-state index in [0.29, 0.717) is 45.0 Å². The Kier molecular flexibility index (Phi) is 9.57. The molecule has 4 N–H and O–H groups in total. The molecule has 0 bridgehead atoms. The summed E-state index contributed by atoms with van der Waals surface area (Å²) in [6.45, 7) is 7.49. The van der Waals surface area contributed by atoms with Crippen LogP contribution in [0.5, 0.6) is 0 Å². The van der Waals surface area contributed by atoms with E-state index in [4.69, 9.17) is 4.74 Å². The molecule has 0 aromatic heterocycles. The number of sulfonamides is 1. The van der Waals surface area contributed by atoms with Crippen molar-refractivity contribution in [2.24, 2.45) is 10.4 Å². The van der Waals surface area contributed by atoms with Gasteiger partial charge < -0.3 is 20.5 Å². The Morgan fingerprint density at radius 1 is 1.29 bits per heavy atom. The predicted molar refractivity (Wildman–Crippen MR) is 95.6 cm³/mol. The fraction of sp³-hybridized carbons (Fsp3) is 0.933. The molecule has 0 spiro atoms. The number of nitrogens with zero attached hydrogens (tertiary/aromatic N) is 1. The van der Waals surface area contributed by atoms with Crippen molar-refractivity contribution in [1.82, 2.24) is 15.4 Å². The molecule has 0 amide bonds. The normalized spacial score (nSPS) is 21.9. The molecule has 142 valence electrons. The summed E-state index contributed by atoms with van der Waals surface area (Å²) < 4.78 is 30.7. The first-order chi connectivity index (χ1) is 11.5. The van der Waals surface area contributed by atoms with Crippen molar-refractivity contribution in [1.29, 1.82) is 0 Å². The van der Waals surface area contributed by atoms with E-state index in [2.05, 4.69) is 20.3 Å². The van der Waals surface area contributed by atoms with Crippen LogP contribution in [0.25, 0.3) is 0 Å². The Morgan fingerprint density at radius 3 is 2.67 bits per heavy atom. The van der Waals surface area contributed by atoms with Crippen molar-refractivity contribution in [3.63, 3.8) is 0 Å². The van der Waals surface area contributed by atoms with Crippen LogP contribution in [0.15, 0.2) is 4.99 Å². The number of rotatable bonds is 11. The van der Waals surface area contributed by atoms with Crippen LogP contribution < -0.4 is 15.4 Å². The van der Waals surface area contributed by atoms with Crippen molar-refractivity contribution in [3.05, 3.63) is 0 Å². The SMILES string of the molecule is CCNC(=NCC1(CCO)CCOC1)NCCCNS(=O)(=O)CC. The van der Waals surface area contributed by atoms with Gasteiger partial charge in [-0.15, -0.1) is 0 Å². The van der Waals surface area contributed by atoms with Crippen molar-refractivity contribution < 1.29 is 18.3 Å². The smallest absolute Gasteiger partial charge is 0.211 e. The van der Waals surface area contributed by atoms with Crippen molar-refractivity contribution in [2.45, 2.75) is 33.1 Å². The lowest BCUT2D eigenvalue weighted by molar-refractivity contribution is 0.131. The summed E-state index contributed by atoms with van der Waals surface area (Å²) in [7, 11) is -3.13. The average molecular weight is 365 g/mol. The number of hydrogen-bond donors (Lipinski definition) is 4. The van der Waals surface area contributed by atoms with Crippen LogP contribution in [-0.2, 0) is 14.8 Å². The third-order valence-electron chi connectivity index (χ3n) is 4.09. The number of aliphatic hydroxyl groups excluding tert-OH is 1. The lowest BCUT2D eigenvalue weighted by atomic mass is 9.84. The average Bonchev–Trinajstić information content (AvgIpc) is 3.01. The Labute approximate surface area is 145 Å². The highest BCUT2D eigenvalue weighted by Crippen LogP contribution is 2.32. The van der Waals surface area contributed by atoms with Crippen molar-refractivity contribution >= 4 is 16.0 Å². The molecule has 1 aliphatic heterocycles. The molecule has 1 atom stereocenters. The van der Waals surface area contributed by atoms with E-state index in [9.17, 15) is 13.5 Å². The van der Waals surface area contributed by atoms with Crippen LogP contribution in [0, 0.1) is 5.41 Å². The Hall–Kier alpha value is -0.900. The number of nitrogens with one attached hydrogen (secondary N) is 3. The molecular formula is C15H32N4O4S. The number of guanidine groups is 1. The van der Waals surface area contributed by atoms with E-state index in [1.807, 2.05) is 6.92 Å². The molecule has 0 aromatic carbocycles. The minimum Gasteiger partial charge on any atom is -0.396 e. The molecule has 1 heterocycles. The van der Waals surface area contributed by atoms with E-state index >= 15 is 0 Å². The number of aliphatic imine (C=N–C) groups is 1. The van der Waals surface area contributed by atoms with Crippen LogP contribution >= 0.6 is 0 Å². The summed E-state index contributed by atoms with van der Waals surface area (Å²) in [5.41, 5.74) is -0.0755. The third-order valence-corrected chi connectivity index (χ3v) is 5.50. The molecule has 24 heavy (non-hydrogen) atoms. The molecule has 1 unspecified atom stereocenters. The fourth-order valence-electron chi connectivity index (χ4n) is 2.50. The summed E-state index contributed by atoms with van der Waals surface area (Å²) in [5.74, 6) is 0.805. The van der Waals surface area contributed by atoms with Crippen LogP contribution in [-0.4, -0.2) is 71.2 Å². The lowest BCUT2D eigenvalue weighted by Gasteiger charge is -2.24. The molecule has 9 heteroatoms. The van der Waals surface area contributed by atoms with E-state index in [1.165, 1.54) is 0 Å². The second kappa shape index (κ2) is 10.9. The monoisotopic (exact) mass is 364 g/mol. The zero-order valence-corrected chi connectivity index (χ0v) is 15.6. The maximum atomic E-state index is 11.3. The number of aliphatic hydroxyl groups is 1. The highest BCUT2D eigenvalue weighted by Gasteiger charge is 2.34.